The van der Waals surface area contributed by atoms with E-state index in [0.29, 0.717) is 12.8 Å². The maximum Gasteiger partial charge on any atom is 0.244 e. The Morgan fingerprint density at radius 2 is 1.58 bits per heavy atom. The number of hydrogen-bond donors (Lipinski definition) is 1. The number of carbonyl (C=O) groups is 2. The minimum atomic E-state index is -3.94. The maximum atomic E-state index is 13.7. The van der Waals surface area contributed by atoms with E-state index in [-0.39, 0.29) is 39.2 Å². The van der Waals surface area contributed by atoms with Crippen molar-refractivity contribution >= 4 is 62.3 Å². The lowest BCUT2D eigenvalue weighted by molar-refractivity contribution is -0.139. The SMILES string of the molecule is CC[C@H](C)NC(=O)[C@H](CC)N(CCc1ccccc1)C(=O)CN(c1cc(Cl)c(Cl)cc1Cl)S(C)(=O)=O. The Balaban J connectivity index is 2.43. The molecule has 0 heterocycles. The van der Waals surface area contributed by atoms with E-state index in [1.165, 1.54) is 17.0 Å². The van der Waals surface area contributed by atoms with Crippen molar-refractivity contribution in [3.63, 3.8) is 0 Å². The van der Waals surface area contributed by atoms with Gasteiger partial charge in [-0.3, -0.25) is 13.9 Å². The Bertz CT molecular complexity index is 1160. The molecule has 2 aromatic rings. The molecule has 0 bridgehead atoms. The highest BCUT2D eigenvalue weighted by Gasteiger charge is 2.32. The lowest BCUT2D eigenvalue weighted by Gasteiger charge is -2.33. The van der Waals surface area contributed by atoms with Gasteiger partial charge in [0.05, 0.1) is 27.0 Å². The van der Waals surface area contributed by atoms with Gasteiger partial charge in [0.25, 0.3) is 0 Å². The summed E-state index contributed by atoms with van der Waals surface area (Å²) in [4.78, 5) is 28.2. The van der Waals surface area contributed by atoms with E-state index in [0.717, 1.165) is 22.5 Å². The number of nitrogens with zero attached hydrogens (tertiary/aromatic N) is 2. The molecule has 2 amide bonds. The summed E-state index contributed by atoms with van der Waals surface area (Å²) in [6, 6.07) is 11.3. The molecule has 2 rings (SSSR count). The molecule has 0 saturated heterocycles. The van der Waals surface area contributed by atoms with E-state index in [1.807, 2.05) is 51.1 Å². The lowest BCUT2D eigenvalue weighted by atomic mass is 10.1. The van der Waals surface area contributed by atoms with Crippen LogP contribution in [0.3, 0.4) is 0 Å². The van der Waals surface area contributed by atoms with Crippen LogP contribution in [0.25, 0.3) is 0 Å². The molecule has 2 aromatic carbocycles. The highest BCUT2D eigenvalue weighted by atomic mass is 35.5. The van der Waals surface area contributed by atoms with Gasteiger partial charge in [0.2, 0.25) is 21.8 Å². The monoisotopic (exact) mass is 575 g/mol. The van der Waals surface area contributed by atoms with Gasteiger partial charge in [-0.2, -0.15) is 0 Å². The van der Waals surface area contributed by atoms with Gasteiger partial charge in [0.15, 0.2) is 0 Å². The summed E-state index contributed by atoms with van der Waals surface area (Å²) in [5.74, 6) is -0.823. The van der Waals surface area contributed by atoms with Crippen LogP contribution in [0, 0.1) is 0 Å². The average molecular weight is 577 g/mol. The van der Waals surface area contributed by atoms with E-state index in [4.69, 9.17) is 34.8 Å². The van der Waals surface area contributed by atoms with Crippen molar-refractivity contribution in [2.24, 2.45) is 0 Å². The Morgan fingerprint density at radius 1 is 0.972 bits per heavy atom. The number of carbonyl (C=O) groups excluding carboxylic acids is 2. The average Bonchev–Trinajstić information content (AvgIpc) is 2.82. The van der Waals surface area contributed by atoms with Crippen molar-refractivity contribution in [3.05, 3.63) is 63.1 Å². The van der Waals surface area contributed by atoms with Gasteiger partial charge in [0, 0.05) is 12.6 Å². The fourth-order valence-corrected chi connectivity index (χ4v) is 5.18. The number of hydrogen-bond acceptors (Lipinski definition) is 4. The molecule has 11 heteroatoms. The predicted molar refractivity (Wildman–Crippen MR) is 147 cm³/mol. The first-order valence-corrected chi connectivity index (χ1v) is 14.6. The second-order valence-corrected chi connectivity index (χ2v) is 11.7. The van der Waals surface area contributed by atoms with Crippen molar-refractivity contribution in [2.45, 2.75) is 52.1 Å². The largest absolute Gasteiger partial charge is 0.352 e. The highest BCUT2D eigenvalue weighted by Crippen LogP contribution is 2.35. The summed E-state index contributed by atoms with van der Waals surface area (Å²) in [6.07, 6.45) is 2.56. The zero-order valence-corrected chi connectivity index (χ0v) is 23.9. The third kappa shape index (κ3) is 8.26. The van der Waals surface area contributed by atoms with Crippen LogP contribution >= 0.6 is 34.8 Å². The van der Waals surface area contributed by atoms with Gasteiger partial charge < -0.3 is 10.2 Å². The van der Waals surface area contributed by atoms with Crippen molar-refractivity contribution < 1.29 is 18.0 Å². The van der Waals surface area contributed by atoms with Gasteiger partial charge in [-0.05, 0) is 43.9 Å². The number of amides is 2. The van der Waals surface area contributed by atoms with Gasteiger partial charge >= 0.3 is 0 Å². The summed E-state index contributed by atoms with van der Waals surface area (Å²) in [6.45, 7) is 5.32. The molecule has 7 nitrogen and oxygen atoms in total. The van der Waals surface area contributed by atoms with Crippen LogP contribution in [-0.2, 0) is 26.0 Å². The molecule has 36 heavy (non-hydrogen) atoms. The number of halogens is 3. The molecule has 0 spiro atoms. The first-order valence-electron chi connectivity index (χ1n) is 11.6. The van der Waals surface area contributed by atoms with E-state index in [9.17, 15) is 18.0 Å². The van der Waals surface area contributed by atoms with Crippen LogP contribution < -0.4 is 9.62 Å². The van der Waals surface area contributed by atoms with Crippen LogP contribution in [-0.4, -0.2) is 56.6 Å². The molecule has 198 valence electrons. The second-order valence-electron chi connectivity index (χ2n) is 8.55. The maximum absolute atomic E-state index is 13.7. The molecule has 0 saturated carbocycles. The molecule has 0 radical (unpaired) electrons. The second kappa shape index (κ2) is 13.5. The Morgan fingerprint density at radius 3 is 2.14 bits per heavy atom. The normalized spacial score (nSPS) is 13.1. The van der Waals surface area contributed by atoms with Crippen LogP contribution in [0.4, 0.5) is 5.69 Å². The number of sulfonamides is 1. The van der Waals surface area contributed by atoms with Crippen molar-refractivity contribution in [2.75, 3.05) is 23.7 Å². The number of anilines is 1. The first kappa shape index (κ1) is 30.2. The van der Waals surface area contributed by atoms with Crippen LogP contribution in [0.5, 0.6) is 0 Å². The number of rotatable bonds is 12. The van der Waals surface area contributed by atoms with E-state index >= 15 is 0 Å². The van der Waals surface area contributed by atoms with Gasteiger partial charge in [-0.15, -0.1) is 0 Å². The zero-order chi connectivity index (χ0) is 27.0. The predicted octanol–water partition coefficient (Wildman–Crippen LogP) is 5.18. The topological polar surface area (TPSA) is 86.8 Å². The molecule has 0 unspecified atom stereocenters. The van der Waals surface area contributed by atoms with Gasteiger partial charge in [-0.1, -0.05) is 79.0 Å². The summed E-state index contributed by atoms with van der Waals surface area (Å²) in [7, 11) is -3.94. The molecule has 0 aliphatic heterocycles. The molecule has 0 fully saturated rings. The Kier molecular flexibility index (Phi) is 11.3. The minimum Gasteiger partial charge on any atom is -0.352 e. The van der Waals surface area contributed by atoms with E-state index < -0.39 is 28.5 Å². The van der Waals surface area contributed by atoms with Crippen molar-refractivity contribution in [1.29, 1.82) is 0 Å². The third-order valence-electron chi connectivity index (χ3n) is 5.81. The van der Waals surface area contributed by atoms with E-state index in [1.54, 1.807) is 0 Å². The third-order valence-corrected chi connectivity index (χ3v) is 7.96. The fraction of sp³-hybridized carbons (Fsp3) is 0.440. The van der Waals surface area contributed by atoms with Gasteiger partial charge in [0.1, 0.15) is 12.6 Å². The number of nitrogens with one attached hydrogen (secondary N) is 1. The molecule has 0 aliphatic carbocycles. The first-order chi connectivity index (χ1) is 16.9. The summed E-state index contributed by atoms with van der Waals surface area (Å²) in [5, 5.41) is 3.21. The summed E-state index contributed by atoms with van der Waals surface area (Å²) >= 11 is 18.4. The standard InChI is InChI=1S/C25H32Cl3N3O4S/c1-5-17(3)29-25(33)22(6-2)30(13-12-18-10-8-7-9-11-18)24(32)16-31(36(4,34)35)23-15-20(27)19(26)14-21(23)28/h7-11,14-15,17,22H,5-6,12-13,16H2,1-4H3,(H,29,33)/t17-,22-/m0/s1. The quantitative estimate of drug-likeness (QED) is 0.353. The molecular formula is C25H32Cl3N3O4S. The molecule has 0 aliphatic rings. The van der Waals surface area contributed by atoms with Crippen molar-refractivity contribution in [3.8, 4) is 0 Å². The summed E-state index contributed by atoms with van der Waals surface area (Å²) < 4.78 is 26.3. The van der Waals surface area contributed by atoms with Crippen molar-refractivity contribution in [1.82, 2.24) is 10.2 Å². The zero-order valence-electron chi connectivity index (χ0n) is 20.8. The summed E-state index contributed by atoms with van der Waals surface area (Å²) in [5.41, 5.74) is 1.02. The molecule has 0 aromatic heterocycles. The van der Waals surface area contributed by atoms with Gasteiger partial charge in [-0.25, -0.2) is 8.42 Å². The van der Waals surface area contributed by atoms with E-state index in [2.05, 4.69) is 5.32 Å². The highest BCUT2D eigenvalue weighted by molar-refractivity contribution is 7.92. The molecule has 2 atom stereocenters. The van der Waals surface area contributed by atoms with Crippen LogP contribution in [0.1, 0.15) is 39.2 Å². The van der Waals surface area contributed by atoms with Crippen LogP contribution in [0.15, 0.2) is 42.5 Å². The Labute approximate surface area is 228 Å². The smallest absolute Gasteiger partial charge is 0.244 e. The minimum absolute atomic E-state index is 0.0278. The molecule has 1 N–H and O–H groups in total. The lowest BCUT2D eigenvalue weighted by Crippen LogP contribution is -2.54. The Hall–Kier alpha value is -2.00. The number of benzene rings is 2. The van der Waals surface area contributed by atoms with Crippen LogP contribution in [0.2, 0.25) is 15.1 Å². The fourth-order valence-electron chi connectivity index (χ4n) is 3.63. The molecular weight excluding hydrogens is 545 g/mol.